The van der Waals surface area contributed by atoms with E-state index in [9.17, 15) is 4.79 Å². The van der Waals surface area contributed by atoms with Gasteiger partial charge in [-0.25, -0.2) is 0 Å². The van der Waals surface area contributed by atoms with Gasteiger partial charge in [0.25, 0.3) is 5.95 Å². The third-order valence-corrected chi connectivity index (χ3v) is 2.84. The molecule has 0 radical (unpaired) electrons. The molecule has 0 aliphatic heterocycles. The topological polar surface area (TPSA) is 48.7 Å². The number of hydrogen-bond donors (Lipinski definition) is 0. The number of methoxy groups -OCH3 is 2. The van der Waals surface area contributed by atoms with Gasteiger partial charge in [-0.15, -0.1) is 0 Å². The van der Waals surface area contributed by atoms with Crippen LogP contribution in [-0.4, -0.2) is 14.2 Å². The predicted molar refractivity (Wildman–Crippen MR) is 69.6 cm³/mol. The smallest absolute Gasteiger partial charge is 0.291 e. The molecular formula is C14H16O4. The van der Waals surface area contributed by atoms with Gasteiger partial charge in [0.15, 0.2) is 5.43 Å². The van der Waals surface area contributed by atoms with Gasteiger partial charge in [0.2, 0.25) is 0 Å². The Morgan fingerprint density at radius 3 is 2.61 bits per heavy atom. The molecule has 0 unspecified atom stereocenters. The summed E-state index contributed by atoms with van der Waals surface area (Å²) < 4.78 is 15.9. The van der Waals surface area contributed by atoms with E-state index in [2.05, 4.69) is 0 Å². The Morgan fingerprint density at radius 2 is 2.00 bits per heavy atom. The fraction of sp³-hybridized carbons (Fsp3) is 0.357. The lowest BCUT2D eigenvalue weighted by Crippen LogP contribution is -2.11. The van der Waals surface area contributed by atoms with Crippen LogP contribution in [0.5, 0.6) is 11.7 Å². The van der Waals surface area contributed by atoms with Crippen molar-refractivity contribution in [2.45, 2.75) is 19.8 Å². The standard InChI is InChI=1S/C14H16O4/c1-4-5-10-13(15)11-8-9(16-2)6-7-12(11)18-14(10)17-3/h6-8H,4-5H2,1-3H3. The lowest BCUT2D eigenvalue weighted by molar-refractivity contribution is 0.304. The largest absolute Gasteiger partial charge is 0.497 e. The zero-order valence-electron chi connectivity index (χ0n) is 10.8. The molecule has 0 bridgehead atoms. The van der Waals surface area contributed by atoms with Crippen LogP contribution in [0.25, 0.3) is 11.0 Å². The Labute approximate surface area is 105 Å². The molecule has 0 amide bonds. The van der Waals surface area contributed by atoms with Crippen molar-refractivity contribution >= 4 is 11.0 Å². The third kappa shape index (κ3) is 2.06. The van der Waals surface area contributed by atoms with Crippen molar-refractivity contribution < 1.29 is 13.9 Å². The normalized spacial score (nSPS) is 10.6. The quantitative estimate of drug-likeness (QED) is 0.834. The van der Waals surface area contributed by atoms with E-state index in [1.54, 1.807) is 25.3 Å². The van der Waals surface area contributed by atoms with Crippen molar-refractivity contribution in [2.75, 3.05) is 14.2 Å². The van der Waals surface area contributed by atoms with Crippen LogP contribution in [-0.2, 0) is 6.42 Å². The highest BCUT2D eigenvalue weighted by atomic mass is 16.6. The summed E-state index contributed by atoms with van der Waals surface area (Å²) in [5.74, 6) is 0.946. The summed E-state index contributed by atoms with van der Waals surface area (Å²) in [4.78, 5) is 12.4. The van der Waals surface area contributed by atoms with E-state index in [4.69, 9.17) is 13.9 Å². The van der Waals surface area contributed by atoms with Crippen LogP contribution in [0, 0.1) is 0 Å². The molecule has 96 valence electrons. The molecule has 0 fully saturated rings. The van der Waals surface area contributed by atoms with Crippen molar-refractivity contribution in [1.82, 2.24) is 0 Å². The van der Waals surface area contributed by atoms with Crippen molar-refractivity contribution in [3.05, 3.63) is 34.0 Å². The molecule has 2 rings (SSSR count). The van der Waals surface area contributed by atoms with Gasteiger partial charge >= 0.3 is 0 Å². The number of benzene rings is 1. The molecule has 0 atom stereocenters. The molecule has 1 heterocycles. The highest BCUT2D eigenvalue weighted by Gasteiger charge is 2.14. The molecule has 4 heteroatoms. The molecule has 0 N–H and O–H groups in total. The molecule has 0 spiro atoms. The summed E-state index contributed by atoms with van der Waals surface area (Å²) in [6.07, 6.45) is 1.50. The van der Waals surface area contributed by atoms with Crippen molar-refractivity contribution in [1.29, 1.82) is 0 Å². The number of fused-ring (bicyclic) bond motifs is 1. The van der Waals surface area contributed by atoms with E-state index in [1.165, 1.54) is 7.11 Å². The molecular weight excluding hydrogens is 232 g/mol. The Balaban J connectivity index is 2.75. The Kier molecular flexibility index (Phi) is 3.55. The maximum atomic E-state index is 12.4. The van der Waals surface area contributed by atoms with E-state index in [0.29, 0.717) is 34.6 Å². The van der Waals surface area contributed by atoms with Crippen LogP contribution in [0.1, 0.15) is 18.9 Å². The molecule has 0 saturated heterocycles. The molecule has 1 aromatic heterocycles. The second-order valence-electron chi connectivity index (χ2n) is 4.01. The van der Waals surface area contributed by atoms with Gasteiger partial charge in [0.1, 0.15) is 11.3 Å². The SMILES string of the molecule is CCCc1c(OC)oc2ccc(OC)cc2c1=O. The Bertz CT molecular complexity index is 613. The average Bonchev–Trinajstić information content (AvgIpc) is 2.41. The zero-order chi connectivity index (χ0) is 13.1. The molecule has 18 heavy (non-hydrogen) atoms. The van der Waals surface area contributed by atoms with Crippen LogP contribution in [0.4, 0.5) is 0 Å². The molecule has 2 aromatic rings. The first kappa shape index (κ1) is 12.5. The second-order valence-corrected chi connectivity index (χ2v) is 4.01. The summed E-state index contributed by atoms with van der Waals surface area (Å²) >= 11 is 0. The lowest BCUT2D eigenvalue weighted by Gasteiger charge is -2.08. The van der Waals surface area contributed by atoms with Crippen molar-refractivity contribution in [3.8, 4) is 11.7 Å². The van der Waals surface area contributed by atoms with Gasteiger partial charge in [-0.3, -0.25) is 4.79 Å². The molecule has 0 aliphatic carbocycles. The van der Waals surface area contributed by atoms with Crippen molar-refractivity contribution in [2.24, 2.45) is 0 Å². The first-order chi connectivity index (χ1) is 8.71. The Morgan fingerprint density at radius 1 is 1.22 bits per heavy atom. The fourth-order valence-corrected chi connectivity index (χ4v) is 1.95. The maximum absolute atomic E-state index is 12.4. The average molecular weight is 248 g/mol. The van der Waals surface area contributed by atoms with E-state index in [-0.39, 0.29) is 5.43 Å². The zero-order valence-corrected chi connectivity index (χ0v) is 10.8. The van der Waals surface area contributed by atoms with E-state index in [1.807, 2.05) is 6.92 Å². The Hall–Kier alpha value is -1.97. The number of rotatable bonds is 4. The summed E-state index contributed by atoms with van der Waals surface area (Å²) in [6, 6.07) is 5.16. The van der Waals surface area contributed by atoms with Gasteiger partial charge in [-0.05, 0) is 24.6 Å². The van der Waals surface area contributed by atoms with E-state index >= 15 is 0 Å². The van der Waals surface area contributed by atoms with Gasteiger partial charge in [-0.2, -0.15) is 0 Å². The third-order valence-electron chi connectivity index (χ3n) is 2.84. The summed E-state index contributed by atoms with van der Waals surface area (Å²) in [5, 5.41) is 0.526. The van der Waals surface area contributed by atoms with Crippen LogP contribution in [0.2, 0.25) is 0 Å². The van der Waals surface area contributed by atoms with Crippen LogP contribution in [0.15, 0.2) is 27.4 Å². The second kappa shape index (κ2) is 5.12. The first-order valence-corrected chi connectivity index (χ1v) is 5.89. The molecule has 4 nitrogen and oxygen atoms in total. The van der Waals surface area contributed by atoms with Gasteiger partial charge in [-0.1, -0.05) is 13.3 Å². The highest BCUT2D eigenvalue weighted by molar-refractivity contribution is 5.79. The summed E-state index contributed by atoms with van der Waals surface area (Å²) in [5.41, 5.74) is 1.05. The van der Waals surface area contributed by atoms with Gasteiger partial charge in [0.05, 0.1) is 25.2 Å². The molecule has 0 aliphatic rings. The molecule has 1 aromatic carbocycles. The summed E-state index contributed by atoms with van der Waals surface area (Å²) in [6.45, 7) is 2.01. The fourth-order valence-electron chi connectivity index (χ4n) is 1.95. The minimum atomic E-state index is -0.0474. The summed E-state index contributed by atoms with van der Waals surface area (Å²) in [7, 11) is 3.08. The van der Waals surface area contributed by atoms with E-state index < -0.39 is 0 Å². The minimum absolute atomic E-state index is 0.0474. The number of hydrogen-bond acceptors (Lipinski definition) is 4. The first-order valence-electron chi connectivity index (χ1n) is 5.89. The maximum Gasteiger partial charge on any atom is 0.291 e. The minimum Gasteiger partial charge on any atom is -0.497 e. The predicted octanol–water partition coefficient (Wildman–Crippen LogP) is 2.76. The lowest BCUT2D eigenvalue weighted by atomic mass is 10.1. The highest BCUT2D eigenvalue weighted by Crippen LogP contribution is 2.25. The van der Waals surface area contributed by atoms with Crippen LogP contribution < -0.4 is 14.9 Å². The van der Waals surface area contributed by atoms with Gasteiger partial charge < -0.3 is 13.9 Å². The van der Waals surface area contributed by atoms with Gasteiger partial charge in [0, 0.05) is 0 Å². The monoisotopic (exact) mass is 248 g/mol. The van der Waals surface area contributed by atoms with E-state index in [0.717, 1.165) is 6.42 Å². The van der Waals surface area contributed by atoms with Crippen LogP contribution in [0.3, 0.4) is 0 Å². The number of ether oxygens (including phenoxy) is 2. The van der Waals surface area contributed by atoms with Crippen molar-refractivity contribution in [3.63, 3.8) is 0 Å². The molecule has 0 saturated carbocycles. The van der Waals surface area contributed by atoms with Crippen LogP contribution >= 0.6 is 0 Å².